The van der Waals surface area contributed by atoms with Crippen LogP contribution in [-0.2, 0) is 0 Å². The van der Waals surface area contributed by atoms with E-state index in [0.717, 1.165) is 33.0 Å². The van der Waals surface area contributed by atoms with Gasteiger partial charge in [0.25, 0.3) is 0 Å². The monoisotopic (exact) mass is 262 g/mol. The standard InChI is InChI=1S/C18H14O2/c19-17-15-8-4-3-7-13(15)14-10-9-11-5-1-2-6-12(11)16(14)18(17)20/h1-10,17-20H/t17-,18+/m1/s1. The highest BCUT2D eigenvalue weighted by atomic mass is 16.3. The fourth-order valence-electron chi connectivity index (χ4n) is 3.18. The fourth-order valence-corrected chi connectivity index (χ4v) is 3.18. The van der Waals surface area contributed by atoms with Crippen molar-refractivity contribution in [3.05, 3.63) is 71.8 Å². The van der Waals surface area contributed by atoms with E-state index in [2.05, 4.69) is 6.07 Å². The second-order valence-electron chi connectivity index (χ2n) is 5.22. The van der Waals surface area contributed by atoms with E-state index < -0.39 is 12.2 Å². The molecule has 3 aromatic rings. The molecule has 2 nitrogen and oxygen atoms in total. The number of aliphatic hydroxyl groups is 2. The van der Waals surface area contributed by atoms with Crippen LogP contribution >= 0.6 is 0 Å². The molecule has 0 bridgehead atoms. The summed E-state index contributed by atoms with van der Waals surface area (Å²) in [6.45, 7) is 0. The van der Waals surface area contributed by atoms with Gasteiger partial charge in [-0.05, 0) is 33.0 Å². The first-order chi connectivity index (χ1) is 9.77. The molecule has 0 heterocycles. The van der Waals surface area contributed by atoms with Gasteiger partial charge < -0.3 is 10.2 Å². The molecule has 0 aliphatic heterocycles. The normalized spacial score (nSPS) is 20.5. The summed E-state index contributed by atoms with van der Waals surface area (Å²) < 4.78 is 0. The van der Waals surface area contributed by atoms with Crippen LogP contribution in [0.5, 0.6) is 0 Å². The SMILES string of the molecule is O[C@@H]1c2ccccc2-c2ccc3ccccc3c2[C@@H]1O. The molecule has 0 amide bonds. The van der Waals surface area contributed by atoms with Crippen molar-refractivity contribution < 1.29 is 10.2 Å². The third-order valence-electron chi connectivity index (χ3n) is 4.14. The van der Waals surface area contributed by atoms with Gasteiger partial charge in [0, 0.05) is 0 Å². The second-order valence-corrected chi connectivity index (χ2v) is 5.22. The van der Waals surface area contributed by atoms with E-state index in [9.17, 15) is 10.2 Å². The Morgan fingerprint density at radius 2 is 1.40 bits per heavy atom. The Bertz CT molecular complexity index is 807. The molecule has 0 radical (unpaired) electrons. The first-order valence-corrected chi connectivity index (χ1v) is 6.74. The maximum Gasteiger partial charge on any atom is 0.110 e. The van der Waals surface area contributed by atoms with E-state index in [1.54, 1.807) is 0 Å². The molecule has 0 spiro atoms. The number of hydrogen-bond acceptors (Lipinski definition) is 2. The van der Waals surface area contributed by atoms with Crippen LogP contribution in [0.2, 0.25) is 0 Å². The summed E-state index contributed by atoms with van der Waals surface area (Å²) in [5.74, 6) is 0. The van der Waals surface area contributed by atoms with Crippen LogP contribution in [0.1, 0.15) is 23.3 Å². The van der Waals surface area contributed by atoms with Gasteiger partial charge >= 0.3 is 0 Å². The van der Waals surface area contributed by atoms with Crippen LogP contribution in [0.4, 0.5) is 0 Å². The van der Waals surface area contributed by atoms with E-state index in [4.69, 9.17) is 0 Å². The van der Waals surface area contributed by atoms with Gasteiger partial charge in [-0.2, -0.15) is 0 Å². The first-order valence-electron chi connectivity index (χ1n) is 6.74. The zero-order valence-corrected chi connectivity index (χ0v) is 10.8. The summed E-state index contributed by atoms with van der Waals surface area (Å²) in [4.78, 5) is 0. The van der Waals surface area contributed by atoms with E-state index >= 15 is 0 Å². The van der Waals surface area contributed by atoms with E-state index in [0.29, 0.717) is 0 Å². The van der Waals surface area contributed by atoms with Gasteiger partial charge in [0.1, 0.15) is 12.2 Å². The molecule has 4 rings (SSSR count). The van der Waals surface area contributed by atoms with Crippen molar-refractivity contribution in [1.29, 1.82) is 0 Å². The molecular weight excluding hydrogens is 248 g/mol. The summed E-state index contributed by atoms with van der Waals surface area (Å²) in [7, 11) is 0. The van der Waals surface area contributed by atoms with Crippen molar-refractivity contribution in [3.8, 4) is 11.1 Å². The van der Waals surface area contributed by atoms with Gasteiger partial charge in [-0.3, -0.25) is 0 Å². The van der Waals surface area contributed by atoms with Crippen molar-refractivity contribution in [2.45, 2.75) is 12.2 Å². The number of aliphatic hydroxyl groups excluding tert-OH is 2. The lowest BCUT2D eigenvalue weighted by molar-refractivity contribution is 0.0167. The van der Waals surface area contributed by atoms with Crippen molar-refractivity contribution in [2.24, 2.45) is 0 Å². The van der Waals surface area contributed by atoms with E-state index in [-0.39, 0.29) is 0 Å². The average Bonchev–Trinajstić information content (AvgIpc) is 2.51. The van der Waals surface area contributed by atoms with Gasteiger partial charge in [-0.25, -0.2) is 0 Å². The predicted octanol–water partition coefficient (Wildman–Crippen LogP) is 3.59. The molecule has 0 saturated carbocycles. The Kier molecular flexibility index (Phi) is 2.43. The van der Waals surface area contributed by atoms with Crippen LogP contribution in [0, 0.1) is 0 Å². The summed E-state index contributed by atoms with van der Waals surface area (Å²) >= 11 is 0. The minimum Gasteiger partial charge on any atom is -0.385 e. The zero-order valence-electron chi connectivity index (χ0n) is 10.8. The van der Waals surface area contributed by atoms with Crippen LogP contribution in [0.3, 0.4) is 0 Å². The lowest BCUT2D eigenvalue weighted by Crippen LogP contribution is -2.17. The maximum atomic E-state index is 10.5. The molecule has 1 aliphatic carbocycles. The van der Waals surface area contributed by atoms with Gasteiger partial charge in [-0.15, -0.1) is 0 Å². The van der Waals surface area contributed by atoms with Gasteiger partial charge in [0.2, 0.25) is 0 Å². The topological polar surface area (TPSA) is 40.5 Å². The molecule has 2 N–H and O–H groups in total. The molecule has 98 valence electrons. The second kappa shape index (κ2) is 4.17. The summed E-state index contributed by atoms with van der Waals surface area (Å²) in [5.41, 5.74) is 3.64. The molecule has 0 unspecified atom stereocenters. The Labute approximate surface area is 116 Å². The van der Waals surface area contributed by atoms with Crippen LogP contribution in [0.25, 0.3) is 21.9 Å². The Morgan fingerprint density at radius 1 is 0.650 bits per heavy atom. The Morgan fingerprint density at radius 3 is 2.30 bits per heavy atom. The van der Waals surface area contributed by atoms with Gasteiger partial charge in [0.05, 0.1) is 0 Å². The number of benzene rings is 3. The lowest BCUT2D eigenvalue weighted by Gasteiger charge is -2.30. The number of fused-ring (bicyclic) bond motifs is 5. The van der Waals surface area contributed by atoms with Gasteiger partial charge in [-0.1, -0.05) is 60.7 Å². The quantitative estimate of drug-likeness (QED) is 0.650. The van der Waals surface area contributed by atoms with Gasteiger partial charge in [0.15, 0.2) is 0 Å². The van der Waals surface area contributed by atoms with Crippen molar-refractivity contribution in [3.63, 3.8) is 0 Å². The van der Waals surface area contributed by atoms with Crippen LogP contribution in [0.15, 0.2) is 60.7 Å². The van der Waals surface area contributed by atoms with E-state index in [1.807, 2.05) is 54.6 Å². The molecule has 3 aromatic carbocycles. The summed E-state index contributed by atoms with van der Waals surface area (Å²) in [6, 6.07) is 19.8. The molecule has 0 aromatic heterocycles. The predicted molar refractivity (Wildman–Crippen MR) is 79.3 cm³/mol. The van der Waals surface area contributed by atoms with Crippen molar-refractivity contribution in [2.75, 3.05) is 0 Å². The molecule has 0 fully saturated rings. The minimum absolute atomic E-state index is 0.794. The highest BCUT2D eigenvalue weighted by molar-refractivity contribution is 5.93. The smallest absolute Gasteiger partial charge is 0.110 e. The number of rotatable bonds is 0. The highest BCUT2D eigenvalue weighted by Gasteiger charge is 2.31. The zero-order chi connectivity index (χ0) is 13.7. The highest BCUT2D eigenvalue weighted by Crippen LogP contribution is 2.46. The lowest BCUT2D eigenvalue weighted by atomic mass is 9.80. The fraction of sp³-hybridized carbons (Fsp3) is 0.111. The molecular formula is C18H14O2. The summed E-state index contributed by atoms with van der Waals surface area (Å²) in [6.07, 6.45) is -1.75. The molecule has 2 atom stereocenters. The Balaban J connectivity index is 2.14. The largest absolute Gasteiger partial charge is 0.385 e. The minimum atomic E-state index is -0.883. The average molecular weight is 262 g/mol. The third-order valence-corrected chi connectivity index (χ3v) is 4.14. The molecule has 1 aliphatic rings. The van der Waals surface area contributed by atoms with E-state index in [1.165, 1.54) is 0 Å². The van der Waals surface area contributed by atoms with Crippen LogP contribution < -0.4 is 0 Å². The van der Waals surface area contributed by atoms with Crippen molar-refractivity contribution in [1.82, 2.24) is 0 Å². The maximum absolute atomic E-state index is 10.5. The van der Waals surface area contributed by atoms with Crippen LogP contribution in [-0.4, -0.2) is 10.2 Å². The summed E-state index contributed by atoms with van der Waals surface area (Å²) in [5, 5.41) is 23.0. The van der Waals surface area contributed by atoms with Crippen molar-refractivity contribution >= 4 is 10.8 Å². The number of hydrogen-bond donors (Lipinski definition) is 2. The Hall–Kier alpha value is -2.16. The first kappa shape index (κ1) is 11.6. The molecule has 0 saturated heterocycles. The third kappa shape index (κ3) is 1.46. The molecule has 2 heteroatoms. The molecule has 20 heavy (non-hydrogen) atoms.